The normalized spacial score (nSPS) is 12.1. The van der Waals surface area contributed by atoms with Crippen LogP contribution in [-0.4, -0.2) is 32.3 Å². The summed E-state index contributed by atoms with van der Waals surface area (Å²) in [4.78, 5) is 11.5. The number of hydrogen-bond donors (Lipinski definition) is 1. The van der Waals surface area contributed by atoms with Crippen LogP contribution in [-0.2, 0) is 20.7 Å². The summed E-state index contributed by atoms with van der Waals surface area (Å²) in [7, 11) is 1.48. The van der Waals surface area contributed by atoms with E-state index in [4.69, 9.17) is 9.47 Å². The Bertz CT molecular complexity index is 339. The highest BCUT2D eigenvalue weighted by Gasteiger charge is 2.14. The van der Waals surface area contributed by atoms with Crippen molar-refractivity contribution in [3.63, 3.8) is 0 Å². The van der Waals surface area contributed by atoms with Crippen LogP contribution >= 0.6 is 0 Å². The summed E-state index contributed by atoms with van der Waals surface area (Å²) in [5, 5.41) is 0. The largest absolute Gasteiger partial charge is 0.458 e. The molecule has 0 aliphatic rings. The predicted molar refractivity (Wildman–Crippen MR) is 65.6 cm³/mol. The molecule has 0 aliphatic carbocycles. The zero-order valence-corrected chi connectivity index (χ0v) is 10.4. The van der Waals surface area contributed by atoms with Crippen molar-refractivity contribution in [1.29, 1.82) is 0 Å². The van der Waals surface area contributed by atoms with Crippen LogP contribution in [0.15, 0.2) is 30.3 Å². The molecule has 18 heavy (non-hydrogen) atoms. The highest BCUT2D eigenvalue weighted by molar-refractivity contribution is 5.69. The van der Waals surface area contributed by atoms with Crippen LogP contribution in [0.5, 0.6) is 0 Å². The van der Waals surface area contributed by atoms with Crippen LogP contribution in [0.2, 0.25) is 0 Å². The first-order chi connectivity index (χ1) is 8.76. The van der Waals surface area contributed by atoms with E-state index in [0.29, 0.717) is 6.42 Å². The second-order valence-corrected chi connectivity index (χ2v) is 3.89. The summed E-state index contributed by atoms with van der Waals surface area (Å²) in [6.07, 6.45) is 0.294. The van der Waals surface area contributed by atoms with Crippen molar-refractivity contribution < 1.29 is 18.7 Å². The first-order valence-corrected chi connectivity index (χ1v) is 5.82. The maximum Gasteiger partial charge on any atom is 0.306 e. The van der Waals surface area contributed by atoms with Gasteiger partial charge in [-0.2, -0.15) is 5.54 Å². The van der Waals surface area contributed by atoms with Gasteiger partial charge in [0.15, 0.2) is 0 Å². The zero-order valence-electron chi connectivity index (χ0n) is 10.4. The lowest BCUT2D eigenvalue weighted by Crippen LogP contribution is -2.31. The topological polar surface area (TPSA) is 47.6 Å². The van der Waals surface area contributed by atoms with Gasteiger partial charge in [0.1, 0.15) is 6.10 Å². The quantitative estimate of drug-likeness (QED) is 0.567. The van der Waals surface area contributed by atoms with Crippen LogP contribution in [0.1, 0.15) is 12.0 Å². The molecule has 0 amide bonds. The van der Waals surface area contributed by atoms with Crippen molar-refractivity contribution in [2.45, 2.75) is 18.9 Å². The van der Waals surface area contributed by atoms with Crippen molar-refractivity contribution in [3.05, 3.63) is 35.9 Å². The average molecular weight is 255 g/mol. The van der Waals surface area contributed by atoms with E-state index in [0.717, 1.165) is 5.56 Å². The summed E-state index contributed by atoms with van der Waals surface area (Å²) in [6.45, 7) is 0.110. The Hall–Kier alpha value is -1.46. The Morgan fingerprint density at radius 1 is 1.39 bits per heavy atom. The molecule has 0 radical (unpaired) electrons. The third kappa shape index (κ3) is 5.75. The highest BCUT2D eigenvalue weighted by Crippen LogP contribution is 2.04. The van der Waals surface area contributed by atoms with Crippen molar-refractivity contribution in [1.82, 2.24) is 5.54 Å². The van der Waals surface area contributed by atoms with Crippen LogP contribution in [0.4, 0.5) is 4.48 Å². The molecule has 4 nitrogen and oxygen atoms in total. The first-order valence-electron chi connectivity index (χ1n) is 5.82. The van der Waals surface area contributed by atoms with Gasteiger partial charge in [0.25, 0.3) is 0 Å². The minimum Gasteiger partial charge on any atom is -0.458 e. The molecule has 0 heterocycles. The van der Waals surface area contributed by atoms with Gasteiger partial charge in [-0.3, -0.25) is 4.79 Å². The molecule has 0 fully saturated rings. The van der Waals surface area contributed by atoms with E-state index in [1.165, 1.54) is 12.6 Å². The molecule has 1 aromatic rings. The van der Waals surface area contributed by atoms with Gasteiger partial charge in [-0.15, -0.1) is 4.48 Å². The molecule has 1 atom stereocenters. The smallest absolute Gasteiger partial charge is 0.306 e. The minimum absolute atomic E-state index is 0.0646. The Labute approximate surface area is 106 Å². The molecule has 1 N–H and O–H groups in total. The zero-order chi connectivity index (χ0) is 13.2. The van der Waals surface area contributed by atoms with Crippen molar-refractivity contribution >= 4 is 5.97 Å². The lowest BCUT2D eigenvalue weighted by Gasteiger charge is -2.15. The third-order valence-corrected chi connectivity index (χ3v) is 2.42. The summed E-state index contributed by atoms with van der Waals surface area (Å²) in [6, 6.07) is 9.65. The van der Waals surface area contributed by atoms with E-state index < -0.39 is 6.10 Å². The first kappa shape index (κ1) is 14.6. The van der Waals surface area contributed by atoms with Gasteiger partial charge >= 0.3 is 5.97 Å². The van der Waals surface area contributed by atoms with Crippen molar-refractivity contribution in [3.8, 4) is 0 Å². The lowest BCUT2D eigenvalue weighted by molar-refractivity contribution is -0.151. The maximum atomic E-state index is 12.0. The highest BCUT2D eigenvalue weighted by atomic mass is 19.2. The minimum atomic E-state index is -0.594. The summed E-state index contributed by atoms with van der Waals surface area (Å²) in [5.74, 6) is -0.351. The van der Waals surface area contributed by atoms with Gasteiger partial charge in [-0.1, -0.05) is 30.3 Å². The predicted octanol–water partition coefficient (Wildman–Crippen LogP) is 1.65. The Morgan fingerprint density at radius 2 is 2.11 bits per heavy atom. The molecule has 1 aromatic carbocycles. The molecule has 1 unspecified atom stereocenters. The number of rotatable bonds is 8. The van der Waals surface area contributed by atoms with Gasteiger partial charge in [0.05, 0.1) is 13.2 Å². The number of methoxy groups -OCH3 is 1. The molecule has 1 rings (SSSR count). The molecule has 0 saturated heterocycles. The molecule has 100 valence electrons. The lowest BCUT2D eigenvalue weighted by atomic mass is 10.1. The van der Waals surface area contributed by atoms with Gasteiger partial charge in [0.2, 0.25) is 0 Å². The number of halogens is 1. The average Bonchev–Trinajstić information content (AvgIpc) is 2.38. The monoisotopic (exact) mass is 255 g/mol. The molecule has 0 saturated carbocycles. The molecule has 0 aromatic heterocycles. The van der Waals surface area contributed by atoms with Crippen LogP contribution in [0, 0.1) is 0 Å². The van der Waals surface area contributed by atoms with E-state index in [9.17, 15) is 9.28 Å². The van der Waals surface area contributed by atoms with Crippen molar-refractivity contribution in [2.75, 3.05) is 20.3 Å². The number of ether oxygens (including phenoxy) is 2. The maximum absolute atomic E-state index is 12.0. The van der Waals surface area contributed by atoms with E-state index in [-0.39, 0.29) is 25.5 Å². The van der Waals surface area contributed by atoms with E-state index in [1.807, 2.05) is 30.3 Å². The molecular formula is C13H18FNO3. The second-order valence-electron chi connectivity index (χ2n) is 3.89. The Kier molecular flexibility index (Phi) is 6.98. The summed E-state index contributed by atoms with van der Waals surface area (Å²) < 4.78 is 21.9. The number of esters is 1. The fraction of sp³-hybridized carbons (Fsp3) is 0.462. The Morgan fingerprint density at radius 3 is 2.72 bits per heavy atom. The van der Waals surface area contributed by atoms with Gasteiger partial charge in [-0.05, 0) is 12.0 Å². The number of carbonyl (C=O) groups excluding carboxylic acids is 1. The third-order valence-electron chi connectivity index (χ3n) is 2.42. The molecule has 0 aliphatic heterocycles. The van der Waals surface area contributed by atoms with E-state index >= 15 is 0 Å². The summed E-state index contributed by atoms with van der Waals surface area (Å²) >= 11 is 0. The number of aryl methyl sites for hydroxylation is 1. The fourth-order valence-corrected chi connectivity index (χ4v) is 1.54. The summed E-state index contributed by atoms with van der Waals surface area (Å²) in [5.41, 5.74) is 2.55. The molecule has 0 spiro atoms. The van der Waals surface area contributed by atoms with Crippen molar-refractivity contribution in [2.24, 2.45) is 0 Å². The van der Waals surface area contributed by atoms with E-state index in [2.05, 4.69) is 0 Å². The fourth-order valence-electron chi connectivity index (χ4n) is 1.54. The van der Waals surface area contributed by atoms with E-state index in [1.54, 1.807) is 0 Å². The van der Waals surface area contributed by atoms with Gasteiger partial charge < -0.3 is 9.47 Å². The molecule has 5 heteroatoms. The second kappa shape index (κ2) is 8.60. The van der Waals surface area contributed by atoms with Gasteiger partial charge in [-0.25, -0.2) is 0 Å². The number of hydrogen-bond acceptors (Lipinski definition) is 4. The number of carbonyl (C=O) groups is 1. The number of nitrogens with one attached hydrogen (secondary N) is 1. The van der Waals surface area contributed by atoms with Crippen LogP contribution in [0.25, 0.3) is 0 Å². The SMILES string of the molecule is COCC(CNF)OC(=O)CCc1ccccc1. The molecule has 0 bridgehead atoms. The molecular weight excluding hydrogens is 237 g/mol. The standard InChI is InChI=1S/C13H18FNO3/c1-17-10-12(9-15-14)18-13(16)8-7-11-5-3-2-4-6-11/h2-6,12,15H,7-10H2,1H3. The Balaban J connectivity index is 2.31. The van der Waals surface area contributed by atoms with Crippen LogP contribution in [0.3, 0.4) is 0 Å². The van der Waals surface area contributed by atoms with Crippen LogP contribution < -0.4 is 5.54 Å². The number of benzene rings is 1. The van der Waals surface area contributed by atoms with Gasteiger partial charge in [0, 0.05) is 13.5 Å².